The summed E-state index contributed by atoms with van der Waals surface area (Å²) in [4.78, 5) is 0.379. The zero-order valence-electron chi connectivity index (χ0n) is 27.6. The van der Waals surface area contributed by atoms with Gasteiger partial charge in [-0.2, -0.15) is 0 Å². The fraction of sp³-hybridized carbons (Fsp3) is 0.647. The highest BCUT2D eigenvalue weighted by atomic mass is 32.2. The van der Waals surface area contributed by atoms with E-state index in [2.05, 4.69) is 67.5 Å². The molecule has 0 spiro atoms. The van der Waals surface area contributed by atoms with Gasteiger partial charge in [0.15, 0.2) is 26.5 Å². The molecule has 5 nitrogen and oxygen atoms in total. The molecule has 0 saturated heterocycles. The second kappa shape index (κ2) is 17.9. The van der Waals surface area contributed by atoms with Gasteiger partial charge in [0.25, 0.3) is 0 Å². The van der Waals surface area contributed by atoms with Gasteiger partial charge in [0.1, 0.15) is 0 Å². The van der Waals surface area contributed by atoms with E-state index in [0.717, 1.165) is 48.2 Å². The van der Waals surface area contributed by atoms with Crippen molar-refractivity contribution in [2.45, 2.75) is 122 Å². The van der Waals surface area contributed by atoms with Crippen molar-refractivity contribution < 1.29 is 22.0 Å². The van der Waals surface area contributed by atoms with Gasteiger partial charge in [-0.3, -0.25) is 0 Å². The predicted molar refractivity (Wildman–Crippen MR) is 182 cm³/mol. The molecule has 0 fully saturated rings. The lowest BCUT2D eigenvalue weighted by Gasteiger charge is -2.43. The van der Waals surface area contributed by atoms with Crippen LogP contribution < -0.4 is 0 Å². The Hall–Kier alpha value is -1.30. The van der Waals surface area contributed by atoms with Crippen LogP contribution in [0.3, 0.4) is 0 Å². The Kier molecular flexibility index (Phi) is 15.7. The van der Waals surface area contributed by atoms with Crippen LogP contribution in [0.5, 0.6) is 0 Å². The Morgan fingerprint density at radius 3 is 1.67 bits per heavy atom. The molecule has 0 aromatic heterocycles. The Labute approximate surface area is 259 Å². The van der Waals surface area contributed by atoms with Crippen molar-refractivity contribution in [2.75, 3.05) is 12.4 Å². The summed E-state index contributed by atoms with van der Waals surface area (Å²) in [5.74, 6) is -0.0960. The minimum atomic E-state index is -3.46. The van der Waals surface area contributed by atoms with Gasteiger partial charge in [-0.25, -0.2) is 8.42 Å². The van der Waals surface area contributed by atoms with Gasteiger partial charge in [-0.15, -0.1) is 0 Å². The van der Waals surface area contributed by atoms with Gasteiger partial charge in [0, 0.05) is 12.5 Å². The van der Waals surface area contributed by atoms with Crippen LogP contribution >= 0.6 is 0 Å². The maximum absolute atomic E-state index is 13.5. The van der Waals surface area contributed by atoms with Crippen LogP contribution in [0.4, 0.5) is 0 Å². The third-order valence-corrected chi connectivity index (χ3v) is 20.8. The fourth-order valence-electron chi connectivity index (χ4n) is 6.12. The first-order valence-corrected chi connectivity index (χ1v) is 23.0. The van der Waals surface area contributed by atoms with Gasteiger partial charge in [-0.05, 0) is 66.3 Å². The zero-order chi connectivity index (χ0) is 31.2. The van der Waals surface area contributed by atoms with Crippen molar-refractivity contribution in [3.63, 3.8) is 0 Å². The van der Waals surface area contributed by atoms with Crippen molar-refractivity contribution in [2.24, 2.45) is 11.8 Å². The number of rotatable bonds is 21. The molecule has 8 heteroatoms. The molecule has 238 valence electrons. The van der Waals surface area contributed by atoms with Crippen LogP contribution in [0.1, 0.15) is 67.4 Å². The Balaban J connectivity index is 2.40. The summed E-state index contributed by atoms with van der Waals surface area (Å²) in [6.45, 7) is 19.0. The second-order valence-electron chi connectivity index (χ2n) is 12.0. The summed E-state index contributed by atoms with van der Waals surface area (Å²) in [7, 11) is -7.45. The van der Waals surface area contributed by atoms with Gasteiger partial charge in [-0.1, -0.05) is 104 Å². The van der Waals surface area contributed by atoms with Crippen LogP contribution in [-0.2, 0) is 30.0 Å². The average Bonchev–Trinajstić information content (AvgIpc) is 3.02. The summed E-state index contributed by atoms with van der Waals surface area (Å²) in [6.07, 6.45) is 0.488. The minimum absolute atomic E-state index is 0.0272. The molecular weight excluding hydrogens is 577 g/mol. The lowest BCUT2D eigenvalue weighted by atomic mass is 9.89. The Bertz CT molecular complexity index is 1090. The van der Waals surface area contributed by atoms with Gasteiger partial charge < -0.3 is 13.6 Å². The number of benzene rings is 2. The molecule has 0 amide bonds. The Morgan fingerprint density at radius 1 is 0.690 bits per heavy atom. The summed E-state index contributed by atoms with van der Waals surface area (Å²) in [5, 5.41) is 0. The lowest BCUT2D eigenvalue weighted by Crippen LogP contribution is -2.51. The van der Waals surface area contributed by atoms with Gasteiger partial charge in [0.05, 0.1) is 29.5 Å². The number of sulfone groups is 1. The van der Waals surface area contributed by atoms with Crippen LogP contribution in [0.25, 0.3) is 0 Å². The second-order valence-corrected chi connectivity index (χ2v) is 23.5. The average molecular weight is 635 g/mol. The standard InChI is InChI=1S/C34H58O5SSi2/c1-9-41(10-2,11-3)38-33(25-26-37-27-31-21-17-15-18-22-31)30(8)34(39-42(12-4,13-5)14-6)29(7)28-40(35,36)32-23-19-16-20-24-32/h15-24,29-30,33-34H,9-14,25-28H2,1-8H3/t29-,30+,33-,34-/m0/s1. The molecule has 0 saturated carbocycles. The quantitative estimate of drug-likeness (QED) is 0.101. The molecule has 0 aliphatic rings. The molecule has 0 bridgehead atoms. The van der Waals surface area contributed by atoms with Crippen LogP contribution in [0.2, 0.25) is 36.3 Å². The maximum atomic E-state index is 13.5. The topological polar surface area (TPSA) is 61.8 Å². The first kappa shape index (κ1) is 36.9. The van der Waals surface area contributed by atoms with E-state index in [0.29, 0.717) is 18.1 Å². The number of hydrogen-bond donors (Lipinski definition) is 0. The SMILES string of the molecule is CC[Si](CC)(CC)O[C@H]([C@H](C)[C@H](CCOCc1ccccc1)O[Si](CC)(CC)CC)[C@@H](C)CS(=O)(=O)c1ccccc1. The fourth-order valence-corrected chi connectivity index (χ4v) is 13.8. The monoisotopic (exact) mass is 634 g/mol. The minimum Gasteiger partial charge on any atom is -0.413 e. The van der Waals surface area contributed by atoms with E-state index in [9.17, 15) is 8.42 Å². The summed E-state index contributed by atoms with van der Waals surface area (Å²) < 4.78 is 47.7. The van der Waals surface area contributed by atoms with E-state index in [1.54, 1.807) is 24.3 Å². The number of hydrogen-bond acceptors (Lipinski definition) is 5. The third-order valence-electron chi connectivity index (χ3n) is 9.56. The molecule has 0 unspecified atom stereocenters. The van der Waals surface area contributed by atoms with E-state index < -0.39 is 26.5 Å². The molecule has 0 radical (unpaired) electrons. The van der Waals surface area contributed by atoms with Crippen LogP contribution in [-0.4, -0.2) is 49.6 Å². The first-order chi connectivity index (χ1) is 20.0. The van der Waals surface area contributed by atoms with Crippen LogP contribution in [0.15, 0.2) is 65.6 Å². The third kappa shape index (κ3) is 10.4. The van der Waals surface area contributed by atoms with E-state index >= 15 is 0 Å². The molecule has 0 heterocycles. The highest BCUT2D eigenvalue weighted by molar-refractivity contribution is 7.91. The number of ether oxygens (including phenoxy) is 1. The largest absolute Gasteiger partial charge is 0.413 e. The van der Waals surface area contributed by atoms with E-state index in [-0.39, 0.29) is 29.8 Å². The highest BCUT2D eigenvalue weighted by Gasteiger charge is 2.42. The molecule has 2 aromatic carbocycles. The van der Waals surface area contributed by atoms with E-state index in [4.69, 9.17) is 13.6 Å². The summed E-state index contributed by atoms with van der Waals surface area (Å²) in [5.41, 5.74) is 1.16. The van der Waals surface area contributed by atoms with Crippen molar-refractivity contribution >= 4 is 26.5 Å². The molecule has 0 aliphatic carbocycles. The Morgan fingerprint density at radius 2 is 1.17 bits per heavy atom. The summed E-state index contributed by atoms with van der Waals surface area (Å²) in [6, 6.07) is 25.4. The van der Waals surface area contributed by atoms with Crippen LogP contribution in [0, 0.1) is 11.8 Å². The van der Waals surface area contributed by atoms with E-state index in [1.165, 1.54) is 0 Å². The lowest BCUT2D eigenvalue weighted by molar-refractivity contribution is -0.00509. The predicted octanol–water partition coefficient (Wildman–Crippen LogP) is 9.12. The van der Waals surface area contributed by atoms with Crippen molar-refractivity contribution in [1.29, 1.82) is 0 Å². The molecule has 2 aromatic rings. The summed E-state index contributed by atoms with van der Waals surface area (Å²) >= 11 is 0. The van der Waals surface area contributed by atoms with E-state index in [1.807, 2.05) is 24.3 Å². The molecular formula is C34H58O5SSi2. The van der Waals surface area contributed by atoms with Gasteiger partial charge >= 0.3 is 0 Å². The van der Waals surface area contributed by atoms with Gasteiger partial charge in [0.2, 0.25) is 0 Å². The maximum Gasteiger partial charge on any atom is 0.192 e. The normalized spacial score (nSPS) is 15.7. The zero-order valence-corrected chi connectivity index (χ0v) is 30.4. The molecule has 42 heavy (non-hydrogen) atoms. The molecule has 0 aliphatic heterocycles. The van der Waals surface area contributed by atoms with Crippen molar-refractivity contribution in [3.8, 4) is 0 Å². The molecule has 4 atom stereocenters. The first-order valence-electron chi connectivity index (χ1n) is 16.3. The van der Waals surface area contributed by atoms with Crippen molar-refractivity contribution in [1.82, 2.24) is 0 Å². The smallest absolute Gasteiger partial charge is 0.192 e. The van der Waals surface area contributed by atoms with Crippen molar-refractivity contribution in [3.05, 3.63) is 66.2 Å². The molecule has 2 rings (SSSR count). The highest BCUT2D eigenvalue weighted by Crippen LogP contribution is 2.35. The molecule has 0 N–H and O–H groups in total.